The molecule has 0 saturated heterocycles. The van der Waals surface area contributed by atoms with Crippen molar-refractivity contribution in [1.82, 2.24) is 14.8 Å². The Morgan fingerprint density at radius 3 is 2.85 bits per heavy atom. The summed E-state index contributed by atoms with van der Waals surface area (Å²) in [5, 5.41) is 4.11. The van der Waals surface area contributed by atoms with Crippen LogP contribution in [0.2, 0.25) is 0 Å². The minimum absolute atomic E-state index is 0.0908. The Kier molecular flexibility index (Phi) is 3.51. The molecule has 0 amide bonds. The lowest BCUT2D eigenvalue weighted by Crippen LogP contribution is -2.13. The van der Waals surface area contributed by atoms with Gasteiger partial charge >= 0.3 is 0 Å². The van der Waals surface area contributed by atoms with E-state index in [1.807, 2.05) is 0 Å². The van der Waals surface area contributed by atoms with Crippen LogP contribution in [0.3, 0.4) is 0 Å². The zero-order valence-electron chi connectivity index (χ0n) is 10.1. The summed E-state index contributed by atoms with van der Waals surface area (Å²) in [5.74, 6) is -3.65. The van der Waals surface area contributed by atoms with Gasteiger partial charge in [0.15, 0.2) is 23.3 Å². The van der Waals surface area contributed by atoms with Gasteiger partial charge in [0.25, 0.3) is 0 Å². The molecule has 0 bridgehead atoms. The van der Waals surface area contributed by atoms with E-state index in [2.05, 4.69) is 26.0 Å². The molecule has 0 spiro atoms. The Labute approximate surface area is 120 Å². The lowest BCUT2D eigenvalue weighted by Gasteiger charge is -2.16. The molecule has 8 heteroatoms. The molecule has 0 N–H and O–H groups in total. The van der Waals surface area contributed by atoms with E-state index in [1.54, 1.807) is 4.68 Å². The number of fused-ring (bicyclic) bond motifs is 1. The molecule has 1 unspecified atom stereocenters. The molecular formula is C12H9BrF3N3O. The van der Waals surface area contributed by atoms with Gasteiger partial charge in [0, 0.05) is 18.7 Å². The van der Waals surface area contributed by atoms with E-state index in [0.29, 0.717) is 30.1 Å². The van der Waals surface area contributed by atoms with Crippen molar-refractivity contribution < 1.29 is 17.9 Å². The number of rotatable bonds is 1. The molecule has 0 aliphatic carbocycles. The highest BCUT2D eigenvalue weighted by atomic mass is 79.9. The van der Waals surface area contributed by atoms with Gasteiger partial charge in [-0.3, -0.25) is 0 Å². The highest BCUT2D eigenvalue weighted by Crippen LogP contribution is 2.31. The van der Waals surface area contributed by atoms with E-state index >= 15 is 0 Å². The van der Waals surface area contributed by atoms with Crippen molar-refractivity contribution in [2.75, 3.05) is 6.61 Å². The largest absolute Gasteiger partial charge is 0.365 e. The van der Waals surface area contributed by atoms with Crippen LogP contribution in [0.15, 0.2) is 16.9 Å². The highest BCUT2D eigenvalue weighted by Gasteiger charge is 2.29. The van der Waals surface area contributed by atoms with E-state index in [9.17, 15) is 13.2 Å². The standard InChI is InChI=1S/C12H9BrF3N3O/c13-12-17-11-10(20-5-1-4-19(11)18-12)6-2-3-7(14)9(16)8(6)15/h2-3,10H,1,4-5H2. The molecule has 3 rings (SSSR count). The first-order chi connectivity index (χ1) is 9.58. The Morgan fingerprint density at radius 1 is 1.25 bits per heavy atom. The molecule has 1 aromatic carbocycles. The third-order valence-corrected chi connectivity index (χ3v) is 3.39. The van der Waals surface area contributed by atoms with E-state index < -0.39 is 23.6 Å². The van der Waals surface area contributed by atoms with Gasteiger partial charge in [0.2, 0.25) is 4.73 Å². The van der Waals surface area contributed by atoms with Crippen LogP contribution >= 0.6 is 15.9 Å². The molecule has 1 atom stereocenters. The van der Waals surface area contributed by atoms with E-state index in [-0.39, 0.29) is 5.56 Å². The minimum Gasteiger partial charge on any atom is -0.365 e. The fraction of sp³-hybridized carbons (Fsp3) is 0.333. The first kappa shape index (κ1) is 13.6. The van der Waals surface area contributed by atoms with Crippen LogP contribution in [0.4, 0.5) is 13.2 Å². The summed E-state index contributed by atoms with van der Waals surface area (Å²) in [6.45, 7) is 0.918. The highest BCUT2D eigenvalue weighted by molar-refractivity contribution is 9.10. The van der Waals surface area contributed by atoms with Crippen molar-refractivity contribution in [3.05, 3.63) is 45.7 Å². The van der Waals surface area contributed by atoms with Crippen molar-refractivity contribution in [3.63, 3.8) is 0 Å². The first-order valence-electron chi connectivity index (χ1n) is 5.93. The van der Waals surface area contributed by atoms with E-state index in [0.717, 1.165) is 12.1 Å². The average molecular weight is 348 g/mol. The number of aromatic nitrogens is 3. The van der Waals surface area contributed by atoms with Crippen molar-refractivity contribution in [2.24, 2.45) is 0 Å². The Balaban J connectivity index is 2.12. The number of hydrogen-bond donors (Lipinski definition) is 0. The van der Waals surface area contributed by atoms with Gasteiger partial charge in [0.1, 0.15) is 6.10 Å². The summed E-state index contributed by atoms with van der Waals surface area (Å²) < 4.78 is 47.7. The van der Waals surface area contributed by atoms with Gasteiger partial charge < -0.3 is 4.74 Å². The maximum Gasteiger partial charge on any atom is 0.217 e. The van der Waals surface area contributed by atoms with Crippen LogP contribution in [0.25, 0.3) is 0 Å². The molecule has 1 aliphatic heterocycles. The third kappa shape index (κ3) is 2.22. The molecule has 0 radical (unpaired) electrons. The number of aryl methyl sites for hydroxylation is 1. The third-order valence-electron chi connectivity index (χ3n) is 3.06. The summed E-state index contributed by atoms with van der Waals surface area (Å²) in [6.07, 6.45) is -0.240. The van der Waals surface area contributed by atoms with Crippen molar-refractivity contribution >= 4 is 15.9 Å². The van der Waals surface area contributed by atoms with E-state index in [4.69, 9.17) is 4.74 Å². The maximum absolute atomic E-state index is 13.9. The van der Waals surface area contributed by atoms with Crippen LogP contribution in [0.1, 0.15) is 23.9 Å². The molecular weight excluding hydrogens is 339 g/mol. The summed E-state index contributed by atoms with van der Waals surface area (Å²) >= 11 is 3.14. The summed E-state index contributed by atoms with van der Waals surface area (Å²) in [6, 6.07) is 2.04. The predicted molar refractivity (Wildman–Crippen MR) is 66.5 cm³/mol. The lowest BCUT2D eigenvalue weighted by molar-refractivity contribution is 0.0780. The first-order valence-corrected chi connectivity index (χ1v) is 6.72. The average Bonchev–Trinajstić information content (AvgIpc) is 2.68. The smallest absolute Gasteiger partial charge is 0.217 e. The van der Waals surface area contributed by atoms with Crippen molar-refractivity contribution in [1.29, 1.82) is 0 Å². The molecule has 106 valence electrons. The predicted octanol–water partition coefficient (Wildman–Crippen LogP) is 2.97. The zero-order valence-corrected chi connectivity index (χ0v) is 11.7. The topological polar surface area (TPSA) is 39.9 Å². The summed E-state index contributed by atoms with van der Waals surface area (Å²) in [4.78, 5) is 4.12. The normalized spacial score (nSPS) is 18.7. The monoisotopic (exact) mass is 347 g/mol. The Morgan fingerprint density at radius 2 is 2.05 bits per heavy atom. The molecule has 1 aromatic heterocycles. The molecule has 20 heavy (non-hydrogen) atoms. The van der Waals surface area contributed by atoms with Gasteiger partial charge in [-0.1, -0.05) is 0 Å². The number of halogens is 4. The SMILES string of the molecule is Fc1ccc(C2OCCCn3nc(Br)nc32)c(F)c1F. The Hall–Kier alpha value is -1.41. The fourth-order valence-corrected chi connectivity index (χ4v) is 2.52. The fourth-order valence-electron chi connectivity index (χ4n) is 2.15. The summed E-state index contributed by atoms with van der Waals surface area (Å²) in [5.41, 5.74) is -0.0908. The van der Waals surface area contributed by atoms with Gasteiger partial charge in [-0.15, -0.1) is 5.10 Å². The van der Waals surface area contributed by atoms with Gasteiger partial charge in [-0.2, -0.15) is 0 Å². The second-order valence-corrected chi connectivity index (χ2v) is 5.04. The van der Waals surface area contributed by atoms with Crippen molar-refractivity contribution in [3.8, 4) is 0 Å². The minimum atomic E-state index is -1.51. The van der Waals surface area contributed by atoms with Crippen LogP contribution in [-0.2, 0) is 11.3 Å². The molecule has 2 heterocycles. The molecule has 4 nitrogen and oxygen atoms in total. The van der Waals surface area contributed by atoms with Gasteiger partial charge in [-0.05, 0) is 34.5 Å². The van der Waals surface area contributed by atoms with E-state index in [1.165, 1.54) is 0 Å². The number of nitrogens with zero attached hydrogens (tertiary/aromatic N) is 3. The molecule has 2 aromatic rings. The number of hydrogen-bond acceptors (Lipinski definition) is 3. The number of benzene rings is 1. The lowest BCUT2D eigenvalue weighted by atomic mass is 10.1. The molecule has 0 saturated carbocycles. The van der Waals surface area contributed by atoms with Crippen LogP contribution in [0.5, 0.6) is 0 Å². The van der Waals surface area contributed by atoms with Crippen LogP contribution < -0.4 is 0 Å². The molecule has 1 aliphatic rings. The summed E-state index contributed by atoms with van der Waals surface area (Å²) in [7, 11) is 0. The van der Waals surface area contributed by atoms with Gasteiger partial charge in [-0.25, -0.2) is 22.8 Å². The zero-order chi connectivity index (χ0) is 14.3. The Bertz CT molecular complexity index is 662. The number of ether oxygens (including phenoxy) is 1. The second kappa shape index (κ2) is 5.17. The van der Waals surface area contributed by atoms with Crippen molar-refractivity contribution in [2.45, 2.75) is 19.1 Å². The molecule has 0 fully saturated rings. The van der Waals surface area contributed by atoms with Crippen LogP contribution in [0, 0.1) is 17.5 Å². The van der Waals surface area contributed by atoms with Crippen LogP contribution in [-0.4, -0.2) is 21.4 Å². The maximum atomic E-state index is 13.9. The quantitative estimate of drug-likeness (QED) is 0.744. The van der Waals surface area contributed by atoms with Gasteiger partial charge in [0.05, 0.1) is 0 Å². The second-order valence-electron chi connectivity index (χ2n) is 4.33.